The second-order valence-corrected chi connectivity index (χ2v) is 5.63. The van der Waals surface area contributed by atoms with Crippen LogP contribution in [0.15, 0.2) is 48.5 Å². The Bertz CT molecular complexity index is 874. The molecule has 0 spiro atoms. The number of benzene rings is 2. The van der Waals surface area contributed by atoms with Crippen molar-refractivity contribution in [3.8, 4) is 17.6 Å². The normalized spacial score (nSPS) is 16.1. The highest BCUT2D eigenvalue weighted by molar-refractivity contribution is 5.95. The Morgan fingerprint density at radius 1 is 1.23 bits per heavy atom. The molecular weight excluding hydrogens is 336 g/mol. The van der Waals surface area contributed by atoms with Crippen molar-refractivity contribution < 1.29 is 23.8 Å². The molecule has 132 valence electrons. The van der Waals surface area contributed by atoms with Crippen LogP contribution in [-0.4, -0.2) is 30.7 Å². The van der Waals surface area contributed by atoms with E-state index in [0.29, 0.717) is 22.7 Å². The van der Waals surface area contributed by atoms with Gasteiger partial charge in [-0.15, -0.1) is 0 Å². The van der Waals surface area contributed by atoms with Crippen LogP contribution in [0.5, 0.6) is 11.5 Å². The second-order valence-electron chi connectivity index (χ2n) is 5.63. The van der Waals surface area contributed by atoms with E-state index in [4.69, 9.17) is 19.5 Å². The summed E-state index contributed by atoms with van der Waals surface area (Å²) in [5.41, 5.74) is 0.863. The molecule has 0 radical (unpaired) electrons. The van der Waals surface area contributed by atoms with Gasteiger partial charge in [0.1, 0.15) is 6.61 Å². The number of ether oxygens (including phenoxy) is 3. The molecular formula is C19H16N2O5. The predicted molar refractivity (Wildman–Crippen MR) is 91.7 cm³/mol. The molecule has 7 nitrogen and oxygen atoms in total. The molecule has 1 heterocycles. The maximum Gasteiger partial charge on any atom is 0.351 e. The number of hydrogen-bond acceptors (Lipinski definition) is 6. The van der Waals surface area contributed by atoms with Crippen molar-refractivity contribution in [1.82, 2.24) is 0 Å². The lowest BCUT2D eigenvalue weighted by Gasteiger charge is -2.25. The molecule has 26 heavy (non-hydrogen) atoms. The lowest BCUT2D eigenvalue weighted by Crippen LogP contribution is -2.41. The molecule has 1 aliphatic rings. The van der Waals surface area contributed by atoms with Crippen molar-refractivity contribution >= 4 is 17.6 Å². The summed E-state index contributed by atoms with van der Waals surface area (Å²) in [5.74, 6) is -0.190. The zero-order chi connectivity index (χ0) is 18.5. The van der Waals surface area contributed by atoms with Crippen molar-refractivity contribution in [3.05, 3.63) is 54.1 Å². The highest BCUT2D eigenvalue weighted by Gasteiger charge is 2.31. The van der Waals surface area contributed by atoms with Gasteiger partial charge in [-0.25, -0.2) is 4.79 Å². The summed E-state index contributed by atoms with van der Waals surface area (Å²) in [6.45, 7) is 1.47. The van der Waals surface area contributed by atoms with Crippen LogP contribution in [0.4, 0.5) is 5.69 Å². The van der Waals surface area contributed by atoms with Gasteiger partial charge in [0.05, 0.1) is 11.6 Å². The summed E-state index contributed by atoms with van der Waals surface area (Å²) in [7, 11) is 0. The van der Waals surface area contributed by atoms with Gasteiger partial charge in [-0.2, -0.15) is 5.26 Å². The zero-order valence-electron chi connectivity index (χ0n) is 14.0. The molecule has 0 unspecified atom stereocenters. The number of nitrogens with zero attached hydrogens (tertiary/aromatic N) is 1. The Labute approximate surface area is 150 Å². The lowest BCUT2D eigenvalue weighted by atomic mass is 10.2. The molecule has 0 fully saturated rings. The Morgan fingerprint density at radius 3 is 2.77 bits per heavy atom. The number of fused-ring (bicyclic) bond motifs is 1. The SMILES string of the molecule is C[C@@H](OC(=O)[C@@H]1COc2ccccc2O1)C(=O)Nc1cccc(C#N)c1. The smallest absolute Gasteiger partial charge is 0.351 e. The third-order valence-corrected chi connectivity index (χ3v) is 3.69. The van der Waals surface area contributed by atoms with Crippen LogP contribution in [0.25, 0.3) is 0 Å². The average molecular weight is 352 g/mol. The van der Waals surface area contributed by atoms with Gasteiger partial charge in [0.2, 0.25) is 6.10 Å². The fraction of sp³-hybridized carbons (Fsp3) is 0.211. The topological polar surface area (TPSA) is 97.7 Å². The van der Waals surface area contributed by atoms with E-state index in [1.54, 1.807) is 42.5 Å². The maximum atomic E-state index is 12.2. The van der Waals surface area contributed by atoms with E-state index in [2.05, 4.69) is 5.32 Å². The van der Waals surface area contributed by atoms with Crippen LogP contribution in [0.2, 0.25) is 0 Å². The molecule has 0 bridgehead atoms. The van der Waals surface area contributed by atoms with Crippen LogP contribution in [0.3, 0.4) is 0 Å². The van der Waals surface area contributed by atoms with E-state index in [1.807, 2.05) is 6.07 Å². The summed E-state index contributed by atoms with van der Waals surface area (Å²) >= 11 is 0. The van der Waals surface area contributed by atoms with E-state index < -0.39 is 24.1 Å². The lowest BCUT2D eigenvalue weighted by molar-refractivity contribution is -0.162. The third kappa shape index (κ3) is 3.92. The second kappa shape index (κ2) is 7.57. The molecule has 7 heteroatoms. The highest BCUT2D eigenvalue weighted by Crippen LogP contribution is 2.31. The molecule has 1 amide bonds. The van der Waals surface area contributed by atoms with Gasteiger partial charge in [0.25, 0.3) is 5.91 Å². The van der Waals surface area contributed by atoms with E-state index in [-0.39, 0.29) is 6.61 Å². The molecule has 1 aliphatic heterocycles. The first-order chi connectivity index (χ1) is 12.6. The minimum Gasteiger partial charge on any atom is -0.485 e. The zero-order valence-corrected chi connectivity index (χ0v) is 14.0. The first-order valence-corrected chi connectivity index (χ1v) is 7.97. The van der Waals surface area contributed by atoms with Gasteiger partial charge in [0, 0.05) is 5.69 Å². The van der Waals surface area contributed by atoms with Crippen molar-refractivity contribution in [2.75, 3.05) is 11.9 Å². The summed E-state index contributed by atoms with van der Waals surface area (Å²) < 4.78 is 16.2. The first-order valence-electron chi connectivity index (χ1n) is 7.97. The predicted octanol–water partition coefficient (Wildman–Crippen LogP) is 2.27. The van der Waals surface area contributed by atoms with E-state index in [1.165, 1.54) is 13.0 Å². The van der Waals surface area contributed by atoms with Crippen LogP contribution in [0.1, 0.15) is 12.5 Å². The first kappa shape index (κ1) is 17.3. The summed E-state index contributed by atoms with van der Waals surface area (Å²) in [6, 6.07) is 15.4. The van der Waals surface area contributed by atoms with Crippen molar-refractivity contribution in [2.45, 2.75) is 19.1 Å². The minimum absolute atomic E-state index is 0.00833. The molecule has 3 rings (SSSR count). The van der Waals surface area contributed by atoms with Crippen LogP contribution >= 0.6 is 0 Å². The van der Waals surface area contributed by atoms with Gasteiger partial charge in [0.15, 0.2) is 17.6 Å². The number of para-hydroxylation sites is 2. The van der Waals surface area contributed by atoms with Gasteiger partial charge in [-0.1, -0.05) is 18.2 Å². The number of hydrogen-bond donors (Lipinski definition) is 1. The molecule has 0 saturated heterocycles. The summed E-state index contributed by atoms with van der Waals surface area (Å²) in [5, 5.41) is 11.5. The molecule has 0 aliphatic carbocycles. The quantitative estimate of drug-likeness (QED) is 0.848. The average Bonchev–Trinajstić information content (AvgIpc) is 2.67. The molecule has 0 aromatic heterocycles. The number of anilines is 1. The Kier molecular flexibility index (Phi) is 5.04. The van der Waals surface area contributed by atoms with Gasteiger partial charge in [-0.3, -0.25) is 4.79 Å². The molecule has 2 atom stereocenters. The van der Waals surface area contributed by atoms with Gasteiger partial charge >= 0.3 is 5.97 Å². The van der Waals surface area contributed by atoms with E-state index >= 15 is 0 Å². The fourth-order valence-corrected chi connectivity index (χ4v) is 2.35. The van der Waals surface area contributed by atoms with Crippen molar-refractivity contribution in [2.24, 2.45) is 0 Å². The number of nitrogens with one attached hydrogen (secondary N) is 1. The van der Waals surface area contributed by atoms with Crippen LogP contribution < -0.4 is 14.8 Å². The molecule has 2 aromatic rings. The highest BCUT2D eigenvalue weighted by atomic mass is 16.6. The monoisotopic (exact) mass is 352 g/mol. The molecule has 1 N–H and O–H groups in total. The van der Waals surface area contributed by atoms with E-state index in [0.717, 1.165) is 0 Å². The van der Waals surface area contributed by atoms with Crippen molar-refractivity contribution in [3.63, 3.8) is 0 Å². The fourth-order valence-electron chi connectivity index (χ4n) is 2.35. The minimum atomic E-state index is -1.03. The van der Waals surface area contributed by atoms with Crippen molar-refractivity contribution in [1.29, 1.82) is 5.26 Å². The number of amides is 1. The Balaban J connectivity index is 1.57. The molecule has 2 aromatic carbocycles. The third-order valence-electron chi connectivity index (χ3n) is 3.69. The standard InChI is InChI=1S/C19H16N2O5/c1-12(18(22)21-14-6-4-5-13(9-14)10-20)25-19(23)17-11-24-15-7-2-3-8-16(15)26-17/h2-9,12,17H,11H2,1H3,(H,21,22)/t12-,17+/m1/s1. The number of nitriles is 1. The molecule has 0 saturated carbocycles. The Hall–Kier alpha value is -3.53. The number of esters is 1. The number of carbonyl (C=O) groups is 2. The summed E-state index contributed by atoms with van der Waals surface area (Å²) in [6.07, 6.45) is -1.98. The number of rotatable bonds is 4. The van der Waals surface area contributed by atoms with Crippen LogP contribution in [0, 0.1) is 11.3 Å². The largest absolute Gasteiger partial charge is 0.485 e. The maximum absolute atomic E-state index is 12.2. The number of carbonyl (C=O) groups excluding carboxylic acids is 2. The summed E-state index contributed by atoms with van der Waals surface area (Å²) in [4.78, 5) is 24.4. The van der Waals surface area contributed by atoms with Gasteiger partial charge in [-0.05, 0) is 37.3 Å². The van der Waals surface area contributed by atoms with Crippen LogP contribution in [-0.2, 0) is 14.3 Å². The van der Waals surface area contributed by atoms with E-state index in [9.17, 15) is 9.59 Å². The van der Waals surface area contributed by atoms with Gasteiger partial charge < -0.3 is 19.5 Å². The Morgan fingerprint density at radius 2 is 2.00 bits per heavy atom.